The highest BCUT2D eigenvalue weighted by atomic mass is 32.2. The molecule has 1 amide bonds. The summed E-state index contributed by atoms with van der Waals surface area (Å²) in [6.07, 6.45) is 1.36. The molecule has 0 spiro atoms. The highest BCUT2D eigenvalue weighted by Gasteiger charge is 2.23. The largest absolute Gasteiger partial charge is 0.384 e. The molecule has 0 aliphatic carbocycles. The van der Waals surface area contributed by atoms with Crippen molar-refractivity contribution in [3.63, 3.8) is 0 Å². The predicted molar refractivity (Wildman–Crippen MR) is 120 cm³/mol. The molecule has 1 aromatic heterocycles. The SMILES string of the molecule is N=C(N)c1ccc(CNC(=O)c2cn(S(=O)(=O)c3ccccc3)c3ccccc23)cc1. The van der Waals surface area contributed by atoms with E-state index in [1.165, 1.54) is 18.3 Å². The molecule has 0 unspecified atom stereocenters. The van der Waals surface area contributed by atoms with Crippen molar-refractivity contribution in [3.8, 4) is 0 Å². The van der Waals surface area contributed by atoms with Gasteiger partial charge in [-0.15, -0.1) is 0 Å². The van der Waals surface area contributed by atoms with Crippen molar-refractivity contribution in [2.24, 2.45) is 5.73 Å². The van der Waals surface area contributed by atoms with Gasteiger partial charge in [-0.2, -0.15) is 0 Å². The second kappa shape index (κ2) is 8.08. The molecule has 0 atom stereocenters. The zero-order valence-electron chi connectivity index (χ0n) is 16.4. The van der Waals surface area contributed by atoms with E-state index in [0.717, 1.165) is 9.54 Å². The van der Waals surface area contributed by atoms with Crippen molar-refractivity contribution >= 4 is 32.7 Å². The third kappa shape index (κ3) is 3.93. The Morgan fingerprint density at radius 3 is 2.26 bits per heavy atom. The quantitative estimate of drug-likeness (QED) is 0.320. The maximum Gasteiger partial charge on any atom is 0.268 e. The number of benzene rings is 3. The van der Waals surface area contributed by atoms with Crippen LogP contribution in [0, 0.1) is 5.41 Å². The highest BCUT2D eigenvalue weighted by molar-refractivity contribution is 7.90. The van der Waals surface area contributed by atoms with Gasteiger partial charge in [-0.1, -0.05) is 60.7 Å². The van der Waals surface area contributed by atoms with Gasteiger partial charge >= 0.3 is 0 Å². The molecule has 0 radical (unpaired) electrons. The number of amidine groups is 1. The zero-order valence-corrected chi connectivity index (χ0v) is 17.3. The van der Waals surface area contributed by atoms with Crippen molar-refractivity contribution in [1.29, 1.82) is 5.41 Å². The van der Waals surface area contributed by atoms with Gasteiger partial charge < -0.3 is 11.1 Å². The lowest BCUT2D eigenvalue weighted by molar-refractivity contribution is 0.0952. The number of hydrogen-bond acceptors (Lipinski definition) is 4. The van der Waals surface area contributed by atoms with E-state index >= 15 is 0 Å². The number of nitrogen functional groups attached to an aromatic ring is 1. The summed E-state index contributed by atoms with van der Waals surface area (Å²) in [7, 11) is -3.85. The maximum absolute atomic E-state index is 13.2. The van der Waals surface area contributed by atoms with Crippen molar-refractivity contribution < 1.29 is 13.2 Å². The van der Waals surface area contributed by atoms with Gasteiger partial charge in [0, 0.05) is 23.7 Å². The molecule has 8 heteroatoms. The van der Waals surface area contributed by atoms with Crippen LogP contribution in [0.2, 0.25) is 0 Å². The van der Waals surface area contributed by atoms with Crippen LogP contribution in [0.4, 0.5) is 0 Å². The lowest BCUT2D eigenvalue weighted by Gasteiger charge is -2.07. The Bertz CT molecular complexity index is 1380. The Labute approximate surface area is 179 Å². The minimum absolute atomic E-state index is 0.0250. The van der Waals surface area contributed by atoms with E-state index in [9.17, 15) is 13.2 Å². The Kier molecular flexibility index (Phi) is 5.31. The Balaban J connectivity index is 1.65. The number of amides is 1. The second-order valence-corrected chi connectivity index (χ2v) is 8.78. The molecule has 4 N–H and O–H groups in total. The summed E-state index contributed by atoms with van der Waals surface area (Å²) in [5.74, 6) is -0.406. The molecule has 3 aromatic carbocycles. The predicted octanol–water partition coefficient (Wildman–Crippen LogP) is 3.09. The number of carbonyl (C=O) groups excluding carboxylic acids is 1. The van der Waals surface area contributed by atoms with Crippen LogP contribution >= 0.6 is 0 Å². The molecule has 156 valence electrons. The van der Waals surface area contributed by atoms with E-state index in [2.05, 4.69) is 5.32 Å². The molecule has 1 heterocycles. The first kappa shape index (κ1) is 20.4. The average Bonchev–Trinajstić information content (AvgIpc) is 3.19. The summed E-state index contributed by atoms with van der Waals surface area (Å²) in [4.78, 5) is 13.1. The normalized spacial score (nSPS) is 11.4. The summed E-state index contributed by atoms with van der Waals surface area (Å²) >= 11 is 0. The maximum atomic E-state index is 13.2. The van der Waals surface area contributed by atoms with Crippen molar-refractivity contribution in [3.05, 3.63) is 102 Å². The molecule has 4 rings (SSSR count). The third-order valence-corrected chi connectivity index (χ3v) is 6.63. The number of nitrogens with zero attached hydrogens (tertiary/aromatic N) is 1. The van der Waals surface area contributed by atoms with Crippen LogP contribution in [0.3, 0.4) is 0 Å². The van der Waals surface area contributed by atoms with Crippen LogP contribution < -0.4 is 11.1 Å². The molecule has 0 aliphatic heterocycles. The molecule has 31 heavy (non-hydrogen) atoms. The summed E-state index contributed by atoms with van der Waals surface area (Å²) in [6, 6.07) is 22.0. The van der Waals surface area contributed by atoms with Gasteiger partial charge in [-0.3, -0.25) is 10.2 Å². The third-order valence-electron chi connectivity index (χ3n) is 4.94. The lowest BCUT2D eigenvalue weighted by atomic mass is 10.1. The smallest absolute Gasteiger partial charge is 0.268 e. The average molecular weight is 433 g/mol. The molecular weight excluding hydrogens is 412 g/mol. The number of para-hydroxylation sites is 1. The molecular formula is C23H20N4O3S. The van der Waals surface area contributed by atoms with E-state index in [0.29, 0.717) is 16.5 Å². The van der Waals surface area contributed by atoms with Crippen LogP contribution in [0.5, 0.6) is 0 Å². The van der Waals surface area contributed by atoms with Gasteiger partial charge in [0.2, 0.25) is 0 Å². The molecule has 4 aromatic rings. The number of nitrogens with two attached hydrogens (primary N) is 1. The fourth-order valence-electron chi connectivity index (χ4n) is 3.32. The van der Waals surface area contributed by atoms with Crippen LogP contribution in [0.15, 0.2) is 90.0 Å². The fraction of sp³-hybridized carbons (Fsp3) is 0.0435. The van der Waals surface area contributed by atoms with Gasteiger partial charge in [0.25, 0.3) is 15.9 Å². The minimum Gasteiger partial charge on any atom is -0.384 e. The van der Waals surface area contributed by atoms with Gasteiger partial charge in [-0.05, 0) is 23.8 Å². The van der Waals surface area contributed by atoms with Crippen LogP contribution in [0.1, 0.15) is 21.5 Å². The van der Waals surface area contributed by atoms with E-state index in [1.54, 1.807) is 66.7 Å². The van der Waals surface area contributed by atoms with E-state index < -0.39 is 10.0 Å². The van der Waals surface area contributed by atoms with Gasteiger partial charge in [0.15, 0.2) is 0 Å². The van der Waals surface area contributed by atoms with Gasteiger partial charge in [0.05, 0.1) is 16.0 Å². The van der Waals surface area contributed by atoms with E-state index in [4.69, 9.17) is 11.1 Å². The summed E-state index contributed by atoms with van der Waals surface area (Å²) in [6.45, 7) is 0.252. The molecule has 0 aliphatic rings. The number of carbonyl (C=O) groups is 1. The molecule has 7 nitrogen and oxygen atoms in total. The zero-order chi connectivity index (χ0) is 22.0. The van der Waals surface area contributed by atoms with Gasteiger partial charge in [-0.25, -0.2) is 12.4 Å². The Morgan fingerprint density at radius 2 is 1.58 bits per heavy atom. The number of aromatic nitrogens is 1. The first-order chi connectivity index (χ1) is 14.9. The molecule has 0 saturated carbocycles. The van der Waals surface area contributed by atoms with E-state index in [-0.39, 0.29) is 28.7 Å². The van der Waals surface area contributed by atoms with Crippen LogP contribution in [-0.2, 0) is 16.6 Å². The summed E-state index contributed by atoms with van der Waals surface area (Å²) in [5, 5.41) is 10.8. The van der Waals surface area contributed by atoms with Crippen molar-refractivity contribution in [2.75, 3.05) is 0 Å². The highest BCUT2D eigenvalue weighted by Crippen LogP contribution is 2.26. The number of hydrogen-bond donors (Lipinski definition) is 3. The number of fused-ring (bicyclic) bond motifs is 1. The number of nitrogens with one attached hydrogen (secondary N) is 2. The molecule has 0 fully saturated rings. The standard InChI is InChI=1S/C23H20N4O3S/c24-22(25)17-12-10-16(11-13-17)14-26-23(28)20-15-27(21-9-5-4-8-19(20)21)31(29,30)18-6-2-1-3-7-18/h1-13,15H,14H2,(H3,24,25)(H,26,28). The summed E-state index contributed by atoms with van der Waals surface area (Å²) < 4.78 is 27.5. The summed E-state index contributed by atoms with van der Waals surface area (Å²) in [5.41, 5.74) is 7.60. The lowest BCUT2D eigenvalue weighted by Crippen LogP contribution is -2.23. The number of rotatable bonds is 6. The van der Waals surface area contributed by atoms with Crippen LogP contribution in [-0.4, -0.2) is 24.1 Å². The molecule has 0 bridgehead atoms. The second-order valence-electron chi connectivity index (χ2n) is 6.97. The van der Waals surface area contributed by atoms with E-state index in [1.807, 2.05) is 0 Å². The minimum atomic E-state index is -3.85. The van der Waals surface area contributed by atoms with Crippen LogP contribution in [0.25, 0.3) is 10.9 Å². The fourth-order valence-corrected chi connectivity index (χ4v) is 4.71. The first-order valence-electron chi connectivity index (χ1n) is 9.50. The molecule has 0 saturated heterocycles. The van der Waals surface area contributed by atoms with Crippen molar-refractivity contribution in [1.82, 2.24) is 9.29 Å². The van der Waals surface area contributed by atoms with Gasteiger partial charge in [0.1, 0.15) is 5.84 Å². The van der Waals surface area contributed by atoms with Crippen molar-refractivity contribution in [2.45, 2.75) is 11.4 Å². The topological polar surface area (TPSA) is 118 Å². The monoisotopic (exact) mass is 432 g/mol. The Hall–Kier alpha value is -3.91. The Morgan fingerprint density at radius 1 is 0.935 bits per heavy atom. The first-order valence-corrected chi connectivity index (χ1v) is 10.9.